The summed E-state index contributed by atoms with van der Waals surface area (Å²) in [7, 11) is 3.05. The van der Waals surface area contributed by atoms with Crippen molar-refractivity contribution in [3.05, 3.63) is 65.0 Å². The molecule has 0 saturated carbocycles. The van der Waals surface area contributed by atoms with Crippen molar-refractivity contribution in [3.63, 3.8) is 0 Å². The van der Waals surface area contributed by atoms with Crippen molar-refractivity contribution in [2.45, 2.75) is 5.92 Å². The molecule has 2 heterocycles. The smallest absolute Gasteiger partial charge is 0.255 e. The van der Waals surface area contributed by atoms with E-state index in [0.717, 1.165) is 5.56 Å². The molecule has 1 aromatic heterocycles. The molecule has 10 heteroatoms. The van der Waals surface area contributed by atoms with E-state index in [1.165, 1.54) is 7.11 Å². The minimum atomic E-state index is -0.725. The Bertz CT molecular complexity index is 1290. The third kappa shape index (κ3) is 3.87. The third-order valence-electron chi connectivity index (χ3n) is 5.20. The number of para-hydroxylation sites is 1. The van der Waals surface area contributed by atoms with Gasteiger partial charge in [-0.15, -0.1) is 5.10 Å². The van der Waals surface area contributed by atoms with Gasteiger partial charge in [0.25, 0.3) is 5.91 Å². The summed E-state index contributed by atoms with van der Waals surface area (Å²) in [4.78, 5) is 11.4. The first kappa shape index (κ1) is 21.6. The molecule has 0 bridgehead atoms. The summed E-state index contributed by atoms with van der Waals surface area (Å²) in [5.41, 5.74) is 14.0. The number of nitrogens with zero attached hydrogens (tertiary/aromatic N) is 2. The van der Waals surface area contributed by atoms with Crippen molar-refractivity contribution in [3.8, 4) is 40.5 Å². The number of rotatable bonds is 7. The van der Waals surface area contributed by atoms with Crippen molar-refractivity contribution in [2.75, 3.05) is 20.8 Å². The number of aromatic amines is 1. The lowest BCUT2D eigenvalue weighted by molar-refractivity contribution is -0.119. The number of ether oxygens (including phenoxy) is 4. The van der Waals surface area contributed by atoms with E-state index >= 15 is 0 Å². The zero-order valence-electron chi connectivity index (χ0n) is 17.9. The van der Waals surface area contributed by atoms with Crippen LogP contribution in [0.3, 0.4) is 0 Å². The van der Waals surface area contributed by atoms with Crippen molar-refractivity contribution in [1.82, 2.24) is 10.2 Å². The van der Waals surface area contributed by atoms with E-state index in [9.17, 15) is 10.1 Å². The number of fused-ring (bicyclic) bond motifs is 1. The summed E-state index contributed by atoms with van der Waals surface area (Å²) in [6.45, 7) is -0.376. The molecule has 1 amide bonds. The van der Waals surface area contributed by atoms with Crippen LogP contribution in [0.5, 0.6) is 23.1 Å². The molecule has 1 unspecified atom stereocenters. The number of H-pyrrole nitrogens is 1. The van der Waals surface area contributed by atoms with Gasteiger partial charge in [-0.3, -0.25) is 9.89 Å². The van der Waals surface area contributed by atoms with Gasteiger partial charge in [-0.1, -0.05) is 24.3 Å². The molecule has 1 atom stereocenters. The summed E-state index contributed by atoms with van der Waals surface area (Å²) in [6, 6.07) is 14.7. The Balaban J connectivity index is 1.96. The third-order valence-corrected chi connectivity index (χ3v) is 5.20. The predicted molar refractivity (Wildman–Crippen MR) is 118 cm³/mol. The molecule has 0 aliphatic carbocycles. The second-order valence-electron chi connectivity index (χ2n) is 7.11. The fourth-order valence-electron chi connectivity index (χ4n) is 3.77. The quantitative estimate of drug-likeness (QED) is 0.497. The number of allylic oxidation sites excluding steroid dienone is 1. The van der Waals surface area contributed by atoms with Crippen LogP contribution in [-0.2, 0) is 4.79 Å². The number of methoxy groups -OCH3 is 2. The number of nitrogens with two attached hydrogens (primary N) is 2. The normalized spacial score (nSPS) is 14.6. The SMILES string of the molecule is COc1cccc(-c2[nH]nc3c2C(c2cccc(OC)c2OCC(N)=O)C(C#N)=C(N)O3)c1. The van der Waals surface area contributed by atoms with Crippen LogP contribution in [0.1, 0.15) is 17.0 Å². The van der Waals surface area contributed by atoms with Gasteiger partial charge in [0, 0.05) is 11.1 Å². The number of nitriles is 1. The minimum Gasteiger partial charge on any atom is -0.497 e. The molecule has 2 aromatic carbocycles. The predicted octanol–water partition coefficient (Wildman–Crippen LogP) is 2.18. The van der Waals surface area contributed by atoms with Crippen LogP contribution in [0.15, 0.2) is 53.9 Å². The Morgan fingerprint density at radius 3 is 2.73 bits per heavy atom. The van der Waals surface area contributed by atoms with Crippen LogP contribution in [0, 0.1) is 11.3 Å². The molecule has 168 valence electrons. The number of primary amides is 1. The average molecular weight is 447 g/mol. The van der Waals surface area contributed by atoms with Gasteiger partial charge in [-0.05, 0) is 18.2 Å². The lowest BCUT2D eigenvalue weighted by atomic mass is 9.82. The number of amides is 1. The van der Waals surface area contributed by atoms with Crippen molar-refractivity contribution >= 4 is 5.91 Å². The number of nitrogens with one attached hydrogen (secondary N) is 1. The summed E-state index contributed by atoms with van der Waals surface area (Å²) in [5.74, 6) is 0.0260. The summed E-state index contributed by atoms with van der Waals surface area (Å²) < 4.78 is 22.2. The van der Waals surface area contributed by atoms with Crippen molar-refractivity contribution in [2.24, 2.45) is 11.5 Å². The van der Waals surface area contributed by atoms with Crippen LogP contribution in [0.4, 0.5) is 0 Å². The molecular formula is C23H21N5O5. The zero-order chi connectivity index (χ0) is 23.5. The van der Waals surface area contributed by atoms with E-state index in [0.29, 0.717) is 28.3 Å². The topological polar surface area (TPSA) is 158 Å². The highest BCUT2D eigenvalue weighted by Gasteiger charge is 2.38. The molecule has 10 nitrogen and oxygen atoms in total. The average Bonchev–Trinajstić information content (AvgIpc) is 3.24. The van der Waals surface area contributed by atoms with Gasteiger partial charge < -0.3 is 30.4 Å². The van der Waals surface area contributed by atoms with Crippen molar-refractivity contribution < 1.29 is 23.7 Å². The van der Waals surface area contributed by atoms with Crippen LogP contribution >= 0.6 is 0 Å². The Morgan fingerprint density at radius 1 is 1.24 bits per heavy atom. The van der Waals surface area contributed by atoms with Gasteiger partial charge in [0.1, 0.15) is 17.4 Å². The zero-order valence-corrected chi connectivity index (χ0v) is 17.9. The van der Waals surface area contributed by atoms with E-state index in [2.05, 4.69) is 16.3 Å². The minimum absolute atomic E-state index is 0.0811. The van der Waals surface area contributed by atoms with E-state index < -0.39 is 11.8 Å². The number of hydrogen-bond donors (Lipinski definition) is 3. The van der Waals surface area contributed by atoms with E-state index in [1.807, 2.05) is 24.3 Å². The molecule has 3 aromatic rings. The highest BCUT2D eigenvalue weighted by molar-refractivity contribution is 5.76. The molecule has 33 heavy (non-hydrogen) atoms. The van der Waals surface area contributed by atoms with Gasteiger partial charge in [0.05, 0.1) is 31.4 Å². The Morgan fingerprint density at radius 2 is 2.03 bits per heavy atom. The molecule has 4 rings (SSSR count). The molecular weight excluding hydrogens is 426 g/mol. The molecule has 1 aliphatic heterocycles. The van der Waals surface area contributed by atoms with E-state index in [4.69, 9.17) is 30.4 Å². The standard InChI is InChI=1S/C23H21N5O5/c1-30-13-6-3-5-12(9-13)20-19-18(15(10-24)22(26)33-23(19)28-27-20)14-7-4-8-16(31-2)21(14)32-11-17(25)29/h3-9,18H,11,26H2,1-2H3,(H2,25,29)(H,27,28). The lowest BCUT2D eigenvalue weighted by Gasteiger charge is -2.26. The number of carbonyl (C=O) groups excluding carboxylic acids is 1. The Hall–Kier alpha value is -4.65. The van der Waals surface area contributed by atoms with Crippen molar-refractivity contribution in [1.29, 1.82) is 5.26 Å². The summed E-state index contributed by atoms with van der Waals surface area (Å²) in [6.07, 6.45) is 0. The second kappa shape index (κ2) is 8.84. The molecule has 5 N–H and O–H groups in total. The lowest BCUT2D eigenvalue weighted by Crippen LogP contribution is -2.23. The summed E-state index contributed by atoms with van der Waals surface area (Å²) >= 11 is 0. The molecule has 0 fully saturated rings. The first-order valence-corrected chi connectivity index (χ1v) is 9.86. The van der Waals surface area contributed by atoms with Crippen LogP contribution in [-0.4, -0.2) is 36.9 Å². The maximum absolute atomic E-state index is 11.4. The van der Waals surface area contributed by atoms with E-state index in [1.54, 1.807) is 25.3 Å². The van der Waals surface area contributed by atoms with Gasteiger partial charge in [0.15, 0.2) is 18.1 Å². The maximum Gasteiger partial charge on any atom is 0.255 e. The van der Waals surface area contributed by atoms with E-state index in [-0.39, 0.29) is 29.7 Å². The monoisotopic (exact) mass is 447 g/mol. The molecule has 0 radical (unpaired) electrons. The first-order chi connectivity index (χ1) is 16.0. The number of hydrogen-bond acceptors (Lipinski definition) is 8. The largest absolute Gasteiger partial charge is 0.497 e. The highest BCUT2D eigenvalue weighted by Crippen LogP contribution is 2.49. The van der Waals surface area contributed by atoms with Gasteiger partial charge >= 0.3 is 0 Å². The Labute approximate surface area is 189 Å². The molecule has 1 aliphatic rings. The Kier molecular flexibility index (Phi) is 5.78. The fourth-order valence-corrected chi connectivity index (χ4v) is 3.77. The molecule has 0 spiro atoms. The number of aromatic nitrogens is 2. The summed E-state index contributed by atoms with van der Waals surface area (Å²) in [5, 5.41) is 17.2. The molecule has 0 saturated heterocycles. The fraction of sp³-hybridized carbons (Fsp3) is 0.174. The second-order valence-corrected chi connectivity index (χ2v) is 7.11. The van der Waals surface area contributed by atoms with Gasteiger partial charge in [-0.2, -0.15) is 5.26 Å². The van der Waals surface area contributed by atoms with Gasteiger partial charge in [-0.25, -0.2) is 0 Å². The number of benzene rings is 2. The maximum atomic E-state index is 11.4. The van der Waals surface area contributed by atoms with Crippen LogP contribution < -0.4 is 30.4 Å². The highest BCUT2D eigenvalue weighted by atomic mass is 16.5. The van der Waals surface area contributed by atoms with Crippen LogP contribution in [0.2, 0.25) is 0 Å². The first-order valence-electron chi connectivity index (χ1n) is 9.86. The van der Waals surface area contributed by atoms with Crippen LogP contribution in [0.25, 0.3) is 11.3 Å². The van der Waals surface area contributed by atoms with Gasteiger partial charge in [0.2, 0.25) is 11.8 Å². The number of carbonyl (C=O) groups is 1.